The maximum atomic E-state index is 5.43. The molecule has 3 nitrogen and oxygen atoms in total. The number of hydrogen-bond donors (Lipinski definition) is 0. The zero-order valence-electron chi connectivity index (χ0n) is 15.2. The molecule has 0 spiro atoms. The fraction of sp³-hybridized carbons (Fsp3) is 0.889. The van der Waals surface area contributed by atoms with E-state index in [0.717, 1.165) is 12.8 Å². The Bertz CT molecular complexity index is 234. The summed E-state index contributed by atoms with van der Waals surface area (Å²) in [4.78, 5) is 0. The van der Waals surface area contributed by atoms with Crippen molar-refractivity contribution in [3.63, 3.8) is 0 Å². The number of allylic oxidation sites excluding steroid dienone is 1. The monoisotopic (exact) mass is 330 g/mol. The minimum Gasteiger partial charge on any atom is -0.380 e. The van der Waals surface area contributed by atoms with Gasteiger partial charge in [0.15, 0.2) is 10.5 Å². The van der Waals surface area contributed by atoms with Crippen LogP contribution in [0.2, 0.25) is 0 Å². The number of methoxy groups -OCH3 is 2. The lowest BCUT2D eigenvalue weighted by atomic mass is 10.0. The number of ether oxygens (including phenoxy) is 2. The molecule has 0 aliphatic heterocycles. The van der Waals surface area contributed by atoms with E-state index in [2.05, 4.69) is 6.58 Å². The molecule has 0 bridgehead atoms. The van der Waals surface area contributed by atoms with Gasteiger partial charge in [-0.25, -0.2) is 0 Å². The maximum absolute atomic E-state index is 5.43. The normalized spacial score (nSPS) is 11.9. The minimum atomic E-state index is -0.780. The van der Waals surface area contributed by atoms with Crippen LogP contribution in [0.4, 0.5) is 0 Å². The third-order valence-electron chi connectivity index (χ3n) is 4.32. The van der Waals surface area contributed by atoms with Crippen molar-refractivity contribution in [1.29, 1.82) is 0 Å². The first-order valence-electron chi connectivity index (χ1n) is 9.01. The predicted molar refractivity (Wildman–Crippen MR) is 98.0 cm³/mol. The Morgan fingerprint density at radius 1 is 0.773 bits per heavy atom. The summed E-state index contributed by atoms with van der Waals surface area (Å²) in [7, 11) is 3.93. The fourth-order valence-corrected chi connectivity index (χ4v) is 3.31. The summed E-state index contributed by atoms with van der Waals surface area (Å²) in [6.07, 6.45) is 18.7. The van der Waals surface area contributed by atoms with Crippen molar-refractivity contribution < 1.29 is 13.9 Å². The molecule has 0 saturated heterocycles. The number of hydrogen-bond acceptors (Lipinski definition) is 3. The Morgan fingerprint density at radius 3 is 1.55 bits per heavy atom. The van der Waals surface area contributed by atoms with Gasteiger partial charge in [-0.2, -0.15) is 0 Å². The average molecular weight is 331 g/mol. The molecule has 132 valence electrons. The Balaban J connectivity index is 3.28. The summed E-state index contributed by atoms with van der Waals surface area (Å²) >= 11 is 0. The van der Waals surface area contributed by atoms with Crippen LogP contribution in [0.5, 0.6) is 0 Å². The van der Waals surface area contributed by atoms with Crippen molar-refractivity contribution in [1.82, 2.24) is 0 Å². The third-order valence-corrected chi connectivity index (χ3v) is 4.95. The third kappa shape index (κ3) is 11.4. The average Bonchev–Trinajstić information content (AvgIpc) is 2.56. The molecule has 0 aromatic rings. The molecular formula is C18H38O3Si. The van der Waals surface area contributed by atoms with Crippen molar-refractivity contribution in [3.8, 4) is 0 Å². The molecule has 0 N–H and O–H groups in total. The first-order chi connectivity index (χ1) is 10.7. The quantitative estimate of drug-likeness (QED) is 0.170. The van der Waals surface area contributed by atoms with Crippen LogP contribution in [0.15, 0.2) is 12.7 Å². The van der Waals surface area contributed by atoms with Crippen LogP contribution in [0.1, 0.15) is 83.5 Å². The molecule has 0 amide bonds. The lowest BCUT2D eigenvalue weighted by Crippen LogP contribution is -2.36. The molecule has 0 radical (unpaired) electrons. The molecule has 0 heterocycles. The standard InChI is InChI=1S/C18H38O3Si/c1-4-5-6-7-8-9-10-11-12-13-14-15-16-17-18(19-2,20-3)21-22/h4H,1,5-17H2,2-3,22H3. The first kappa shape index (κ1) is 21.8. The Hall–Kier alpha value is -0.163. The van der Waals surface area contributed by atoms with Gasteiger partial charge in [0.1, 0.15) is 0 Å². The first-order valence-corrected chi connectivity index (χ1v) is 9.82. The van der Waals surface area contributed by atoms with Crippen molar-refractivity contribution in [2.45, 2.75) is 89.4 Å². The molecule has 0 aliphatic carbocycles. The van der Waals surface area contributed by atoms with Gasteiger partial charge in [0.2, 0.25) is 0 Å². The van der Waals surface area contributed by atoms with E-state index in [1.165, 1.54) is 70.6 Å². The SMILES string of the molecule is C=CCCCCCCCCCCCCCC(OC)(OC)O[SiH3]. The second-order valence-electron chi connectivity index (χ2n) is 6.01. The van der Waals surface area contributed by atoms with Gasteiger partial charge in [0.25, 0.3) is 5.97 Å². The summed E-state index contributed by atoms with van der Waals surface area (Å²) in [6, 6.07) is 0. The summed E-state index contributed by atoms with van der Waals surface area (Å²) in [5.41, 5.74) is 0. The van der Waals surface area contributed by atoms with Crippen molar-refractivity contribution in [2.24, 2.45) is 0 Å². The van der Waals surface area contributed by atoms with Crippen molar-refractivity contribution >= 4 is 10.5 Å². The zero-order chi connectivity index (χ0) is 16.5. The highest BCUT2D eigenvalue weighted by atomic mass is 28.2. The molecule has 0 saturated carbocycles. The zero-order valence-corrected chi connectivity index (χ0v) is 17.2. The lowest BCUT2D eigenvalue weighted by molar-refractivity contribution is -0.325. The predicted octanol–water partition coefficient (Wildman–Crippen LogP) is 4.49. The molecule has 0 aromatic heterocycles. The number of rotatable bonds is 17. The van der Waals surface area contributed by atoms with Crippen LogP contribution < -0.4 is 0 Å². The van der Waals surface area contributed by atoms with Gasteiger partial charge in [-0.1, -0.05) is 63.9 Å². The topological polar surface area (TPSA) is 27.7 Å². The second-order valence-corrected chi connectivity index (χ2v) is 6.42. The Morgan fingerprint density at radius 2 is 1.18 bits per heavy atom. The van der Waals surface area contributed by atoms with Gasteiger partial charge in [-0.05, 0) is 19.3 Å². The smallest absolute Gasteiger partial charge is 0.272 e. The van der Waals surface area contributed by atoms with E-state index >= 15 is 0 Å². The fourth-order valence-electron chi connectivity index (χ4n) is 2.78. The molecule has 4 heteroatoms. The van der Waals surface area contributed by atoms with Gasteiger partial charge >= 0.3 is 0 Å². The van der Waals surface area contributed by atoms with E-state index in [9.17, 15) is 0 Å². The Labute approximate surface area is 141 Å². The summed E-state index contributed by atoms with van der Waals surface area (Å²) in [5, 5.41) is 0. The lowest BCUT2D eigenvalue weighted by Gasteiger charge is -2.29. The van der Waals surface area contributed by atoms with E-state index in [0.29, 0.717) is 10.5 Å². The molecule has 22 heavy (non-hydrogen) atoms. The van der Waals surface area contributed by atoms with Gasteiger partial charge in [0, 0.05) is 20.6 Å². The molecule has 0 aromatic carbocycles. The number of unbranched alkanes of at least 4 members (excludes halogenated alkanes) is 11. The molecule has 0 aliphatic rings. The van der Waals surface area contributed by atoms with Crippen LogP contribution in [-0.2, 0) is 13.9 Å². The molecule has 0 fully saturated rings. The minimum absolute atomic E-state index is 0.632. The highest BCUT2D eigenvalue weighted by Crippen LogP contribution is 2.21. The van der Waals surface area contributed by atoms with Gasteiger partial charge in [-0.15, -0.1) is 6.58 Å². The summed E-state index contributed by atoms with van der Waals surface area (Å²) in [5.74, 6) is -0.780. The maximum Gasteiger partial charge on any atom is 0.272 e. The van der Waals surface area contributed by atoms with E-state index < -0.39 is 5.97 Å². The van der Waals surface area contributed by atoms with E-state index in [-0.39, 0.29) is 0 Å². The summed E-state index contributed by atoms with van der Waals surface area (Å²) in [6.45, 7) is 3.76. The van der Waals surface area contributed by atoms with E-state index in [4.69, 9.17) is 13.9 Å². The van der Waals surface area contributed by atoms with Crippen molar-refractivity contribution in [2.75, 3.05) is 14.2 Å². The largest absolute Gasteiger partial charge is 0.380 e. The second kappa shape index (κ2) is 15.7. The highest BCUT2D eigenvalue weighted by Gasteiger charge is 2.27. The van der Waals surface area contributed by atoms with Crippen LogP contribution in [0, 0.1) is 0 Å². The van der Waals surface area contributed by atoms with Gasteiger partial charge < -0.3 is 13.9 Å². The van der Waals surface area contributed by atoms with Crippen LogP contribution in [0.25, 0.3) is 0 Å². The van der Waals surface area contributed by atoms with E-state index in [1.54, 1.807) is 14.2 Å². The van der Waals surface area contributed by atoms with Crippen LogP contribution in [-0.4, -0.2) is 30.7 Å². The highest BCUT2D eigenvalue weighted by molar-refractivity contribution is 5.98. The van der Waals surface area contributed by atoms with E-state index in [1.807, 2.05) is 6.08 Å². The summed E-state index contributed by atoms with van der Waals surface area (Å²) < 4.78 is 16.1. The van der Waals surface area contributed by atoms with Crippen LogP contribution >= 0.6 is 0 Å². The molecule has 0 unspecified atom stereocenters. The van der Waals surface area contributed by atoms with Gasteiger partial charge in [-0.3, -0.25) is 0 Å². The molecule has 0 rings (SSSR count). The Kier molecular flexibility index (Phi) is 15.6. The van der Waals surface area contributed by atoms with Crippen LogP contribution in [0.3, 0.4) is 0 Å². The van der Waals surface area contributed by atoms with Crippen molar-refractivity contribution in [3.05, 3.63) is 12.7 Å². The molecular weight excluding hydrogens is 292 g/mol. The molecule has 0 atom stereocenters. The van der Waals surface area contributed by atoms with Gasteiger partial charge in [0.05, 0.1) is 0 Å².